The fourth-order valence-electron chi connectivity index (χ4n) is 4.93. The van der Waals surface area contributed by atoms with Crippen LogP contribution >= 0.6 is 23.2 Å². The van der Waals surface area contributed by atoms with Crippen molar-refractivity contribution in [2.75, 3.05) is 0 Å². The number of carboxylic acid groups (broad SMARTS) is 2. The molecule has 1 aliphatic rings. The normalized spacial score (nSPS) is 13.9. The SMILES string of the molecule is O=C(O)c1cc(Cl)c(C(=O)O)c(-c2c3cc(-c4ccccn4)c(=O)cc3oc3cc(=O)/c(=C4/C=CC=CN4)cc23)c1Cl. The number of hydrogen-bond donors (Lipinski definition) is 3. The van der Waals surface area contributed by atoms with Crippen LogP contribution in [0.3, 0.4) is 0 Å². The Balaban J connectivity index is 1.90. The number of hydrogen-bond acceptors (Lipinski definition) is 7. The van der Waals surface area contributed by atoms with Gasteiger partial charge in [0.2, 0.25) is 0 Å². The molecule has 6 rings (SSSR count). The molecular formula is C31H16Cl2N2O7. The van der Waals surface area contributed by atoms with E-state index in [4.69, 9.17) is 27.6 Å². The van der Waals surface area contributed by atoms with Crippen molar-refractivity contribution < 1.29 is 24.2 Å². The van der Waals surface area contributed by atoms with Gasteiger partial charge in [-0.2, -0.15) is 0 Å². The molecule has 0 atom stereocenters. The van der Waals surface area contributed by atoms with Gasteiger partial charge in [0.25, 0.3) is 0 Å². The number of allylic oxidation sites excluding steroid dienone is 2. The van der Waals surface area contributed by atoms with Gasteiger partial charge in [0.05, 0.1) is 26.9 Å². The molecule has 0 aliphatic carbocycles. The van der Waals surface area contributed by atoms with E-state index >= 15 is 0 Å². The molecule has 11 heteroatoms. The van der Waals surface area contributed by atoms with E-state index in [0.717, 1.165) is 6.07 Å². The lowest BCUT2D eigenvalue weighted by Crippen LogP contribution is -2.29. The van der Waals surface area contributed by atoms with Gasteiger partial charge in [-0.1, -0.05) is 35.3 Å². The first kappa shape index (κ1) is 26.9. The average Bonchev–Trinajstić information content (AvgIpc) is 2.97. The fourth-order valence-corrected chi connectivity index (χ4v) is 5.54. The molecule has 5 aromatic rings. The monoisotopic (exact) mass is 598 g/mol. The van der Waals surface area contributed by atoms with Crippen LogP contribution in [0.2, 0.25) is 10.0 Å². The number of benzene rings is 3. The molecule has 0 saturated carbocycles. The third kappa shape index (κ3) is 4.41. The van der Waals surface area contributed by atoms with Crippen molar-refractivity contribution in [3.8, 4) is 22.4 Å². The van der Waals surface area contributed by atoms with Crippen LogP contribution in [0.5, 0.6) is 0 Å². The van der Waals surface area contributed by atoms with Crippen LogP contribution in [0.25, 0.3) is 50.0 Å². The summed E-state index contributed by atoms with van der Waals surface area (Å²) in [7, 11) is 0. The number of rotatable bonds is 4. The van der Waals surface area contributed by atoms with Crippen LogP contribution in [0, 0.1) is 0 Å². The molecule has 0 radical (unpaired) electrons. The number of halogens is 2. The summed E-state index contributed by atoms with van der Waals surface area (Å²) in [5.74, 6) is -2.91. The van der Waals surface area contributed by atoms with E-state index in [-0.39, 0.29) is 48.9 Å². The summed E-state index contributed by atoms with van der Waals surface area (Å²) < 4.78 is 6.03. The zero-order valence-corrected chi connectivity index (χ0v) is 22.7. The Morgan fingerprint density at radius 1 is 0.857 bits per heavy atom. The molecule has 3 heterocycles. The maximum Gasteiger partial charge on any atom is 0.337 e. The molecule has 0 bridgehead atoms. The van der Waals surface area contributed by atoms with Gasteiger partial charge in [-0.25, -0.2) is 9.59 Å². The number of nitrogens with one attached hydrogen (secondary N) is 1. The number of pyridine rings is 1. The van der Waals surface area contributed by atoms with E-state index in [0.29, 0.717) is 11.4 Å². The van der Waals surface area contributed by atoms with E-state index in [1.165, 1.54) is 30.5 Å². The molecule has 0 fully saturated rings. The number of aromatic carboxylic acids is 2. The first-order valence-electron chi connectivity index (χ1n) is 12.3. The van der Waals surface area contributed by atoms with Crippen molar-refractivity contribution in [1.29, 1.82) is 0 Å². The van der Waals surface area contributed by atoms with Crippen molar-refractivity contribution in [2.45, 2.75) is 0 Å². The summed E-state index contributed by atoms with van der Waals surface area (Å²) in [5, 5.41) is 23.0. The highest BCUT2D eigenvalue weighted by molar-refractivity contribution is 6.41. The lowest BCUT2D eigenvalue weighted by atomic mass is 9.90. The minimum atomic E-state index is -1.47. The van der Waals surface area contributed by atoms with Crippen LogP contribution < -0.4 is 21.4 Å². The topological polar surface area (TPSA) is 147 Å². The molecule has 0 unspecified atom stereocenters. The van der Waals surface area contributed by atoms with Crippen molar-refractivity contribution in [3.05, 3.63) is 126 Å². The molecule has 0 saturated heterocycles. The van der Waals surface area contributed by atoms with Crippen LogP contribution in [0.4, 0.5) is 0 Å². The summed E-state index contributed by atoms with van der Waals surface area (Å²) in [5.41, 5.74) is -0.904. The molecule has 206 valence electrons. The number of dihydropyridines is 1. The lowest BCUT2D eigenvalue weighted by molar-refractivity contribution is 0.0682. The molecule has 3 aromatic carbocycles. The van der Waals surface area contributed by atoms with E-state index < -0.39 is 38.9 Å². The van der Waals surface area contributed by atoms with Gasteiger partial charge in [0, 0.05) is 62.9 Å². The highest BCUT2D eigenvalue weighted by Gasteiger charge is 2.28. The third-order valence-electron chi connectivity index (χ3n) is 6.77. The summed E-state index contributed by atoms with van der Waals surface area (Å²) in [4.78, 5) is 55.3. The van der Waals surface area contributed by atoms with Gasteiger partial charge in [0.15, 0.2) is 10.9 Å². The molecule has 9 nitrogen and oxygen atoms in total. The maximum atomic E-state index is 13.2. The Morgan fingerprint density at radius 3 is 2.24 bits per heavy atom. The van der Waals surface area contributed by atoms with Gasteiger partial charge in [-0.15, -0.1) is 0 Å². The van der Waals surface area contributed by atoms with Crippen LogP contribution in [-0.4, -0.2) is 27.1 Å². The van der Waals surface area contributed by atoms with Gasteiger partial charge < -0.3 is 19.9 Å². The summed E-state index contributed by atoms with van der Waals surface area (Å²) in [6.07, 6.45) is 8.29. The largest absolute Gasteiger partial charge is 0.478 e. The van der Waals surface area contributed by atoms with Gasteiger partial charge in [-0.3, -0.25) is 14.6 Å². The average molecular weight is 599 g/mol. The second-order valence-electron chi connectivity index (χ2n) is 9.24. The predicted octanol–water partition coefficient (Wildman–Crippen LogP) is 5.24. The van der Waals surface area contributed by atoms with Crippen LogP contribution in [0.1, 0.15) is 20.7 Å². The first-order chi connectivity index (χ1) is 20.2. The highest BCUT2D eigenvalue weighted by atomic mass is 35.5. The second kappa shape index (κ2) is 10.3. The maximum absolute atomic E-state index is 13.2. The molecule has 3 N–H and O–H groups in total. The predicted molar refractivity (Wildman–Crippen MR) is 159 cm³/mol. The standard InChI is InChI=1S/C31H16Cl2N2O7/c32-19-11-18(30(38)39)29(33)28(27(19)31(40)41)26-16-9-14(20-5-1-3-7-34-20)22(36)12-24(16)42-25-13-23(37)15(10-17(25)26)21-6-2-4-8-35-21/h1-13,34H,(H,38,39)(H,40,41)/b20-14-. The molecule has 0 amide bonds. The van der Waals surface area contributed by atoms with Gasteiger partial charge in [-0.05, 0) is 42.5 Å². The minimum absolute atomic E-state index is 0.00450. The van der Waals surface area contributed by atoms with Gasteiger partial charge >= 0.3 is 11.9 Å². The number of nitrogens with zero attached hydrogens (tertiary/aromatic N) is 1. The Bertz CT molecular complexity index is 2240. The summed E-state index contributed by atoms with van der Waals surface area (Å²) in [6.45, 7) is 0. The van der Waals surface area contributed by atoms with Crippen molar-refractivity contribution >= 4 is 62.8 Å². The highest BCUT2D eigenvalue weighted by Crippen LogP contribution is 2.45. The van der Waals surface area contributed by atoms with Gasteiger partial charge in [0.1, 0.15) is 11.2 Å². The van der Waals surface area contributed by atoms with Crippen LogP contribution in [-0.2, 0) is 0 Å². The Labute approximate surface area is 245 Å². The zero-order chi connectivity index (χ0) is 29.7. The van der Waals surface area contributed by atoms with E-state index in [9.17, 15) is 29.4 Å². The Hall–Kier alpha value is -5.25. The quantitative estimate of drug-likeness (QED) is 0.236. The second-order valence-corrected chi connectivity index (χ2v) is 10.0. The van der Waals surface area contributed by atoms with Crippen molar-refractivity contribution in [3.63, 3.8) is 0 Å². The minimum Gasteiger partial charge on any atom is -0.478 e. The molecular weight excluding hydrogens is 583 g/mol. The molecule has 42 heavy (non-hydrogen) atoms. The lowest BCUT2D eigenvalue weighted by Gasteiger charge is -2.18. The molecule has 2 aromatic heterocycles. The Kier molecular flexibility index (Phi) is 6.61. The number of carboxylic acids is 2. The summed E-state index contributed by atoms with van der Waals surface area (Å²) >= 11 is 13.0. The zero-order valence-electron chi connectivity index (χ0n) is 21.1. The number of fused-ring (bicyclic) bond motifs is 2. The van der Waals surface area contributed by atoms with E-state index in [1.807, 2.05) is 0 Å². The smallest absolute Gasteiger partial charge is 0.337 e. The van der Waals surface area contributed by atoms with E-state index in [1.54, 1.807) is 42.6 Å². The number of aromatic nitrogens is 1. The molecule has 0 spiro atoms. The summed E-state index contributed by atoms with van der Waals surface area (Å²) in [6, 6.07) is 11.4. The first-order valence-corrected chi connectivity index (χ1v) is 13.0. The van der Waals surface area contributed by atoms with Crippen molar-refractivity contribution in [1.82, 2.24) is 10.3 Å². The van der Waals surface area contributed by atoms with Crippen LogP contribution in [0.15, 0.2) is 93.2 Å². The Morgan fingerprint density at radius 2 is 1.60 bits per heavy atom. The number of carbonyl (C=O) groups is 2. The molecule has 1 aliphatic heterocycles. The third-order valence-corrected chi connectivity index (χ3v) is 7.46. The van der Waals surface area contributed by atoms with Crippen molar-refractivity contribution in [2.24, 2.45) is 0 Å². The fraction of sp³-hybridized carbons (Fsp3) is 0. The van der Waals surface area contributed by atoms with E-state index in [2.05, 4.69) is 10.3 Å².